The number of hydrogen-bond acceptors (Lipinski definition) is 5. The zero-order valence-corrected chi connectivity index (χ0v) is 12.8. The SMILES string of the molecule is NC1CC(c2c[nH]nn2)CCC1NC(=O)OCc1ccccc1. The van der Waals surface area contributed by atoms with E-state index in [1.54, 1.807) is 6.20 Å². The molecule has 1 amide bonds. The molecular formula is C16H21N5O2. The number of ether oxygens (including phenoxy) is 1. The summed E-state index contributed by atoms with van der Waals surface area (Å²) >= 11 is 0. The van der Waals surface area contributed by atoms with E-state index in [2.05, 4.69) is 20.7 Å². The molecule has 1 aromatic heterocycles. The smallest absolute Gasteiger partial charge is 0.407 e. The Hall–Kier alpha value is -2.41. The number of rotatable bonds is 4. The van der Waals surface area contributed by atoms with E-state index < -0.39 is 6.09 Å². The fourth-order valence-electron chi connectivity index (χ4n) is 2.98. The summed E-state index contributed by atoms with van der Waals surface area (Å²) in [5.41, 5.74) is 8.10. The Morgan fingerprint density at radius 1 is 1.35 bits per heavy atom. The van der Waals surface area contributed by atoms with Crippen LogP contribution in [-0.4, -0.2) is 33.6 Å². The van der Waals surface area contributed by atoms with Gasteiger partial charge in [-0.05, 0) is 24.8 Å². The van der Waals surface area contributed by atoms with Gasteiger partial charge in [-0.3, -0.25) is 5.10 Å². The van der Waals surface area contributed by atoms with Crippen molar-refractivity contribution in [1.82, 2.24) is 20.7 Å². The molecule has 1 fully saturated rings. The Labute approximate surface area is 134 Å². The quantitative estimate of drug-likeness (QED) is 0.796. The van der Waals surface area contributed by atoms with E-state index in [0.717, 1.165) is 30.5 Å². The van der Waals surface area contributed by atoms with Crippen molar-refractivity contribution in [3.63, 3.8) is 0 Å². The average Bonchev–Trinajstić information content (AvgIpc) is 3.10. The fraction of sp³-hybridized carbons (Fsp3) is 0.438. The molecule has 7 nitrogen and oxygen atoms in total. The molecule has 3 rings (SSSR count). The van der Waals surface area contributed by atoms with Crippen LogP contribution in [0.4, 0.5) is 4.79 Å². The van der Waals surface area contributed by atoms with E-state index in [9.17, 15) is 4.79 Å². The van der Waals surface area contributed by atoms with Crippen LogP contribution in [0.15, 0.2) is 36.5 Å². The highest BCUT2D eigenvalue weighted by atomic mass is 16.5. The third kappa shape index (κ3) is 4.07. The molecule has 1 aliphatic carbocycles. The summed E-state index contributed by atoms with van der Waals surface area (Å²) in [6.45, 7) is 0.260. The number of amides is 1. The minimum atomic E-state index is -0.422. The van der Waals surface area contributed by atoms with Crippen LogP contribution in [0.3, 0.4) is 0 Å². The monoisotopic (exact) mass is 315 g/mol. The lowest BCUT2D eigenvalue weighted by atomic mass is 9.81. The van der Waals surface area contributed by atoms with E-state index >= 15 is 0 Å². The Bertz CT molecular complexity index is 617. The summed E-state index contributed by atoms with van der Waals surface area (Å²) in [6.07, 6.45) is 3.88. The maximum atomic E-state index is 11.9. The van der Waals surface area contributed by atoms with Gasteiger partial charge in [-0.2, -0.15) is 0 Å². The van der Waals surface area contributed by atoms with E-state index in [1.807, 2.05) is 30.3 Å². The van der Waals surface area contributed by atoms with Crippen molar-refractivity contribution in [3.8, 4) is 0 Å². The molecule has 7 heteroatoms. The summed E-state index contributed by atoms with van der Waals surface area (Å²) in [4.78, 5) is 11.9. The third-order valence-corrected chi connectivity index (χ3v) is 4.27. The number of aromatic nitrogens is 3. The lowest BCUT2D eigenvalue weighted by molar-refractivity contribution is 0.130. The molecule has 0 spiro atoms. The summed E-state index contributed by atoms with van der Waals surface area (Å²) in [5, 5.41) is 13.4. The molecule has 1 aromatic carbocycles. The maximum Gasteiger partial charge on any atom is 0.407 e. The summed E-state index contributed by atoms with van der Waals surface area (Å²) in [7, 11) is 0. The summed E-state index contributed by atoms with van der Waals surface area (Å²) < 4.78 is 5.25. The number of benzene rings is 1. The highest BCUT2D eigenvalue weighted by Crippen LogP contribution is 2.30. The van der Waals surface area contributed by atoms with E-state index in [0.29, 0.717) is 5.92 Å². The van der Waals surface area contributed by atoms with Gasteiger partial charge in [0.25, 0.3) is 0 Å². The lowest BCUT2D eigenvalue weighted by Gasteiger charge is -2.33. The Morgan fingerprint density at radius 2 is 2.17 bits per heavy atom. The second-order valence-corrected chi connectivity index (χ2v) is 5.88. The number of carbonyl (C=O) groups is 1. The number of carbonyl (C=O) groups excluding carboxylic acids is 1. The number of nitrogens with one attached hydrogen (secondary N) is 2. The van der Waals surface area contributed by atoms with Crippen molar-refractivity contribution < 1.29 is 9.53 Å². The predicted octanol–water partition coefficient (Wildman–Crippen LogP) is 1.69. The number of hydrogen-bond donors (Lipinski definition) is 3. The van der Waals surface area contributed by atoms with Gasteiger partial charge in [0.1, 0.15) is 6.61 Å². The van der Waals surface area contributed by atoms with Crippen molar-refractivity contribution in [1.29, 1.82) is 0 Å². The standard InChI is InChI=1S/C16H21N5O2/c17-13-8-12(15-9-18-21-20-15)6-7-14(13)19-16(22)23-10-11-4-2-1-3-5-11/h1-5,9,12-14H,6-8,10,17H2,(H,19,22)(H,18,20,21). The van der Waals surface area contributed by atoms with Crippen LogP contribution < -0.4 is 11.1 Å². The van der Waals surface area contributed by atoms with Crippen LogP contribution in [0.25, 0.3) is 0 Å². The van der Waals surface area contributed by atoms with Gasteiger partial charge < -0.3 is 15.8 Å². The molecule has 3 atom stereocenters. The zero-order valence-electron chi connectivity index (χ0n) is 12.8. The summed E-state index contributed by atoms with van der Waals surface area (Å²) in [5.74, 6) is 0.294. The molecule has 122 valence electrons. The summed E-state index contributed by atoms with van der Waals surface area (Å²) in [6, 6.07) is 9.41. The third-order valence-electron chi connectivity index (χ3n) is 4.27. The molecule has 1 heterocycles. The van der Waals surface area contributed by atoms with E-state index in [1.165, 1.54) is 0 Å². The zero-order chi connectivity index (χ0) is 16.1. The first-order valence-electron chi connectivity index (χ1n) is 7.81. The minimum absolute atomic E-state index is 0.0681. The van der Waals surface area contributed by atoms with Crippen LogP contribution in [0, 0.1) is 0 Å². The van der Waals surface area contributed by atoms with Gasteiger partial charge in [0, 0.05) is 24.2 Å². The first-order valence-corrected chi connectivity index (χ1v) is 7.81. The van der Waals surface area contributed by atoms with Crippen LogP contribution in [0.1, 0.15) is 36.4 Å². The lowest BCUT2D eigenvalue weighted by Crippen LogP contribution is -2.50. The first kappa shape index (κ1) is 15.5. The molecule has 0 radical (unpaired) electrons. The topological polar surface area (TPSA) is 106 Å². The van der Waals surface area contributed by atoms with Gasteiger partial charge >= 0.3 is 6.09 Å². The van der Waals surface area contributed by atoms with Crippen molar-refractivity contribution >= 4 is 6.09 Å². The second kappa shape index (κ2) is 7.23. The van der Waals surface area contributed by atoms with Crippen molar-refractivity contribution in [2.75, 3.05) is 0 Å². The highest BCUT2D eigenvalue weighted by Gasteiger charge is 2.31. The van der Waals surface area contributed by atoms with Crippen molar-refractivity contribution in [2.24, 2.45) is 5.73 Å². The molecule has 4 N–H and O–H groups in total. The van der Waals surface area contributed by atoms with E-state index in [-0.39, 0.29) is 18.7 Å². The second-order valence-electron chi connectivity index (χ2n) is 5.88. The van der Waals surface area contributed by atoms with Crippen LogP contribution >= 0.6 is 0 Å². The van der Waals surface area contributed by atoms with Gasteiger partial charge in [-0.1, -0.05) is 35.5 Å². The van der Waals surface area contributed by atoms with Crippen LogP contribution in [-0.2, 0) is 11.3 Å². The van der Waals surface area contributed by atoms with Gasteiger partial charge in [0.15, 0.2) is 0 Å². The number of nitrogens with zero attached hydrogens (tertiary/aromatic N) is 2. The minimum Gasteiger partial charge on any atom is -0.445 e. The molecule has 23 heavy (non-hydrogen) atoms. The first-order chi connectivity index (χ1) is 11.2. The largest absolute Gasteiger partial charge is 0.445 e. The van der Waals surface area contributed by atoms with Crippen molar-refractivity contribution in [2.45, 2.75) is 43.9 Å². The molecule has 1 aliphatic rings. The van der Waals surface area contributed by atoms with Gasteiger partial charge in [-0.25, -0.2) is 4.79 Å². The van der Waals surface area contributed by atoms with Gasteiger partial charge in [-0.15, -0.1) is 5.10 Å². The van der Waals surface area contributed by atoms with Crippen molar-refractivity contribution in [3.05, 3.63) is 47.8 Å². The predicted molar refractivity (Wildman–Crippen MR) is 84.5 cm³/mol. The number of H-pyrrole nitrogens is 1. The fourth-order valence-corrected chi connectivity index (χ4v) is 2.98. The van der Waals surface area contributed by atoms with Crippen LogP contribution in [0.2, 0.25) is 0 Å². The van der Waals surface area contributed by atoms with E-state index in [4.69, 9.17) is 10.5 Å². The molecule has 3 unspecified atom stereocenters. The molecule has 0 aliphatic heterocycles. The molecular weight excluding hydrogens is 294 g/mol. The molecule has 1 saturated carbocycles. The highest BCUT2D eigenvalue weighted by molar-refractivity contribution is 5.67. The van der Waals surface area contributed by atoms with Crippen LogP contribution in [0.5, 0.6) is 0 Å². The maximum absolute atomic E-state index is 11.9. The normalized spacial score (nSPS) is 24.1. The Morgan fingerprint density at radius 3 is 2.87 bits per heavy atom. The van der Waals surface area contributed by atoms with Gasteiger partial charge in [0.2, 0.25) is 0 Å². The molecule has 0 bridgehead atoms. The number of nitrogens with two attached hydrogens (primary N) is 1. The Kier molecular flexibility index (Phi) is 4.87. The number of aromatic amines is 1. The van der Waals surface area contributed by atoms with Gasteiger partial charge in [0.05, 0.1) is 5.69 Å². The Balaban J connectivity index is 1.46. The average molecular weight is 315 g/mol. The molecule has 2 aromatic rings. The molecule has 0 saturated heterocycles. The number of alkyl carbamates (subject to hydrolysis) is 1.